The Bertz CT molecular complexity index is 553. The molecule has 0 saturated heterocycles. The van der Waals surface area contributed by atoms with Crippen molar-refractivity contribution in [3.05, 3.63) is 21.4 Å². The summed E-state index contributed by atoms with van der Waals surface area (Å²) >= 11 is 1.53. The number of aryl methyl sites for hydroxylation is 1. The van der Waals surface area contributed by atoms with Gasteiger partial charge in [-0.1, -0.05) is 0 Å². The van der Waals surface area contributed by atoms with Crippen molar-refractivity contribution in [1.82, 2.24) is 5.32 Å². The largest absolute Gasteiger partial charge is 0.480 e. The van der Waals surface area contributed by atoms with Crippen molar-refractivity contribution in [3.8, 4) is 0 Å². The molecule has 0 fully saturated rings. The molecule has 0 radical (unpaired) electrons. The molecule has 2 rings (SSSR count). The number of hydrogen-bond donors (Lipinski definition) is 3. The van der Waals surface area contributed by atoms with E-state index in [0.717, 1.165) is 31.2 Å². The van der Waals surface area contributed by atoms with Crippen molar-refractivity contribution < 1.29 is 19.5 Å². The van der Waals surface area contributed by atoms with E-state index < -0.39 is 30.2 Å². The third kappa shape index (κ3) is 3.16. The van der Waals surface area contributed by atoms with Gasteiger partial charge < -0.3 is 16.2 Å². The summed E-state index contributed by atoms with van der Waals surface area (Å²) in [4.78, 5) is 35.2. The average Bonchev–Trinajstić information content (AvgIpc) is 2.81. The molecule has 1 aliphatic carbocycles. The zero-order chi connectivity index (χ0) is 14.7. The summed E-state index contributed by atoms with van der Waals surface area (Å²) in [6.45, 7) is 0. The van der Waals surface area contributed by atoms with Crippen LogP contribution in [0.1, 0.15) is 40.1 Å². The lowest BCUT2D eigenvalue weighted by Gasteiger charge is -2.15. The van der Waals surface area contributed by atoms with Crippen LogP contribution >= 0.6 is 11.3 Å². The fraction of sp³-hybridized carbons (Fsp3) is 0.462. The highest BCUT2D eigenvalue weighted by Crippen LogP contribution is 2.30. The van der Waals surface area contributed by atoms with E-state index >= 15 is 0 Å². The molecule has 7 heteroatoms. The predicted octanol–water partition coefficient (Wildman–Crippen LogP) is 0.685. The number of thiophene rings is 1. The van der Waals surface area contributed by atoms with E-state index in [1.807, 2.05) is 0 Å². The average molecular weight is 296 g/mol. The third-order valence-corrected chi connectivity index (χ3v) is 4.40. The number of rotatable bonds is 5. The number of hydrogen-bond acceptors (Lipinski definition) is 4. The van der Waals surface area contributed by atoms with Crippen molar-refractivity contribution in [2.24, 2.45) is 5.73 Å². The summed E-state index contributed by atoms with van der Waals surface area (Å²) in [5.41, 5.74) is 6.53. The monoisotopic (exact) mass is 296 g/mol. The van der Waals surface area contributed by atoms with E-state index in [0.29, 0.717) is 5.56 Å². The van der Waals surface area contributed by atoms with E-state index in [-0.39, 0.29) is 0 Å². The Morgan fingerprint density at radius 1 is 1.35 bits per heavy atom. The van der Waals surface area contributed by atoms with Crippen LogP contribution < -0.4 is 11.1 Å². The molecule has 1 aliphatic rings. The Labute approximate surface area is 120 Å². The van der Waals surface area contributed by atoms with Gasteiger partial charge in [0.05, 0.1) is 12.0 Å². The lowest BCUT2D eigenvalue weighted by Crippen LogP contribution is -2.43. The van der Waals surface area contributed by atoms with Crippen molar-refractivity contribution in [2.45, 2.75) is 38.1 Å². The number of carbonyl (C=O) groups excluding carboxylic acids is 2. The van der Waals surface area contributed by atoms with Gasteiger partial charge in [-0.2, -0.15) is 0 Å². The molecule has 4 N–H and O–H groups in total. The van der Waals surface area contributed by atoms with E-state index in [1.165, 1.54) is 16.2 Å². The molecule has 0 aromatic carbocycles. The molecule has 1 unspecified atom stereocenters. The number of nitrogens with one attached hydrogen (secondary N) is 1. The van der Waals surface area contributed by atoms with E-state index in [1.54, 1.807) is 5.38 Å². The van der Waals surface area contributed by atoms with Crippen molar-refractivity contribution >= 4 is 29.1 Å². The lowest BCUT2D eigenvalue weighted by atomic mass is 9.95. The SMILES string of the molecule is NC(=O)CC(NC(=O)c1csc2c1CCCC2)C(=O)O. The first-order chi connectivity index (χ1) is 9.49. The predicted molar refractivity (Wildman–Crippen MR) is 73.7 cm³/mol. The van der Waals surface area contributed by atoms with E-state index in [4.69, 9.17) is 10.8 Å². The third-order valence-electron chi connectivity index (χ3n) is 3.31. The first-order valence-electron chi connectivity index (χ1n) is 6.40. The fourth-order valence-corrected chi connectivity index (χ4v) is 3.45. The summed E-state index contributed by atoms with van der Waals surface area (Å²) in [5.74, 6) is -2.47. The molecule has 108 valence electrons. The molecule has 1 aromatic rings. The van der Waals surface area contributed by atoms with Crippen LogP contribution in [-0.4, -0.2) is 28.9 Å². The van der Waals surface area contributed by atoms with Crippen LogP contribution in [0.5, 0.6) is 0 Å². The molecule has 0 saturated carbocycles. The summed E-state index contributed by atoms with van der Waals surface area (Å²) in [7, 11) is 0. The standard InChI is InChI=1S/C13H16N2O4S/c14-11(16)5-9(13(18)19)15-12(17)8-6-20-10-4-2-1-3-7(8)10/h6,9H,1-5H2,(H2,14,16)(H,15,17)(H,18,19). The van der Waals surface area contributed by atoms with Crippen LogP contribution in [0.15, 0.2) is 5.38 Å². The second-order valence-corrected chi connectivity index (χ2v) is 5.76. The maximum Gasteiger partial charge on any atom is 0.326 e. The van der Waals surface area contributed by atoms with Gasteiger partial charge in [-0.05, 0) is 31.2 Å². The Kier molecular flexibility index (Phi) is 4.39. The minimum absolute atomic E-state index is 0.409. The Morgan fingerprint density at radius 3 is 2.70 bits per heavy atom. The van der Waals surface area contributed by atoms with Gasteiger partial charge in [0.15, 0.2) is 0 Å². The molecule has 0 spiro atoms. The summed E-state index contributed by atoms with van der Waals surface area (Å²) < 4.78 is 0. The second kappa shape index (κ2) is 6.04. The maximum atomic E-state index is 12.2. The van der Waals surface area contributed by atoms with Crippen molar-refractivity contribution in [2.75, 3.05) is 0 Å². The van der Waals surface area contributed by atoms with Gasteiger partial charge in [-0.3, -0.25) is 9.59 Å². The van der Waals surface area contributed by atoms with Crippen LogP contribution in [0.2, 0.25) is 0 Å². The molecular formula is C13H16N2O4S. The zero-order valence-electron chi connectivity index (χ0n) is 10.8. The van der Waals surface area contributed by atoms with Crippen molar-refractivity contribution in [3.63, 3.8) is 0 Å². The van der Waals surface area contributed by atoms with Gasteiger partial charge in [0, 0.05) is 10.3 Å². The molecule has 20 heavy (non-hydrogen) atoms. The number of nitrogens with two attached hydrogens (primary N) is 1. The second-order valence-electron chi connectivity index (χ2n) is 4.79. The highest BCUT2D eigenvalue weighted by molar-refractivity contribution is 7.10. The molecule has 1 atom stereocenters. The highest BCUT2D eigenvalue weighted by atomic mass is 32.1. The van der Waals surface area contributed by atoms with Crippen LogP contribution in [0.4, 0.5) is 0 Å². The van der Waals surface area contributed by atoms with E-state index in [2.05, 4.69) is 5.32 Å². The molecule has 0 bridgehead atoms. The minimum atomic E-state index is -1.28. The molecule has 2 amide bonds. The number of carboxylic acid groups (broad SMARTS) is 1. The van der Waals surface area contributed by atoms with Gasteiger partial charge >= 0.3 is 5.97 Å². The maximum absolute atomic E-state index is 12.2. The summed E-state index contributed by atoms with van der Waals surface area (Å²) in [5, 5.41) is 13.1. The number of amides is 2. The van der Waals surface area contributed by atoms with Gasteiger partial charge in [0.25, 0.3) is 5.91 Å². The molecule has 1 aromatic heterocycles. The number of carbonyl (C=O) groups is 3. The van der Waals surface area contributed by atoms with Crippen LogP contribution in [0.25, 0.3) is 0 Å². The van der Waals surface area contributed by atoms with Crippen molar-refractivity contribution in [1.29, 1.82) is 0 Å². The van der Waals surface area contributed by atoms with Gasteiger partial charge in [-0.15, -0.1) is 11.3 Å². The molecule has 6 nitrogen and oxygen atoms in total. The smallest absolute Gasteiger partial charge is 0.326 e. The summed E-state index contributed by atoms with van der Waals surface area (Å²) in [6.07, 6.45) is 3.56. The highest BCUT2D eigenvalue weighted by Gasteiger charge is 2.26. The normalized spacial score (nSPS) is 15.2. The zero-order valence-corrected chi connectivity index (χ0v) is 11.7. The summed E-state index contributed by atoms with van der Waals surface area (Å²) in [6, 6.07) is -1.28. The van der Waals surface area contributed by atoms with E-state index in [9.17, 15) is 14.4 Å². The van der Waals surface area contributed by atoms with Gasteiger partial charge in [0.2, 0.25) is 5.91 Å². The lowest BCUT2D eigenvalue weighted by molar-refractivity contribution is -0.140. The van der Waals surface area contributed by atoms with Crippen LogP contribution in [0, 0.1) is 0 Å². The van der Waals surface area contributed by atoms with Gasteiger partial charge in [-0.25, -0.2) is 4.79 Å². The Balaban J connectivity index is 2.12. The molecule has 1 heterocycles. The van der Waals surface area contributed by atoms with Gasteiger partial charge in [0.1, 0.15) is 6.04 Å². The number of primary amides is 1. The Morgan fingerprint density at radius 2 is 2.05 bits per heavy atom. The molecular weight excluding hydrogens is 280 g/mol. The Hall–Kier alpha value is -1.89. The fourth-order valence-electron chi connectivity index (χ4n) is 2.32. The molecule has 0 aliphatic heterocycles. The number of aliphatic carboxylic acids is 1. The quantitative estimate of drug-likeness (QED) is 0.742. The van der Waals surface area contributed by atoms with Crippen LogP contribution in [0.3, 0.4) is 0 Å². The number of fused-ring (bicyclic) bond motifs is 1. The first kappa shape index (κ1) is 14.5. The number of carboxylic acids is 1. The first-order valence-corrected chi connectivity index (χ1v) is 7.28. The topological polar surface area (TPSA) is 109 Å². The van der Waals surface area contributed by atoms with Crippen LogP contribution in [-0.2, 0) is 22.4 Å². The minimum Gasteiger partial charge on any atom is -0.480 e.